The smallest absolute Gasteiger partial charge is 0.312 e. The maximum Gasteiger partial charge on any atom is 0.332 e. The molecule has 0 aromatic carbocycles. The van der Waals surface area contributed by atoms with Crippen LogP contribution in [0.15, 0.2) is 28.2 Å². The number of carbonyl (C=O) groups excluding carboxylic acids is 1. The summed E-state index contributed by atoms with van der Waals surface area (Å²) in [5.74, 6) is -0.311. The molecule has 3 rings (SSSR count). The average Bonchev–Trinajstić information content (AvgIpc) is 3.04. The van der Waals surface area contributed by atoms with Gasteiger partial charge in [-0.2, -0.15) is 0 Å². The van der Waals surface area contributed by atoms with Crippen LogP contribution < -0.4 is 16.6 Å². The number of fused-ring (bicyclic) bond motifs is 1. The molecule has 0 bridgehead atoms. The number of rotatable bonds is 3. The van der Waals surface area contributed by atoms with Crippen LogP contribution in [0, 0.1) is 0 Å². The Morgan fingerprint density at radius 2 is 1.88 bits per heavy atom. The highest BCUT2D eigenvalue weighted by atomic mass is 35.5. The van der Waals surface area contributed by atoms with Gasteiger partial charge in [0.05, 0.1) is 16.4 Å². The molecule has 0 saturated heterocycles. The molecule has 0 unspecified atom stereocenters. The normalized spacial score (nSPS) is 12.3. The summed E-state index contributed by atoms with van der Waals surface area (Å²) in [6.45, 7) is 1.59. The zero-order valence-corrected chi connectivity index (χ0v) is 15.5. The lowest BCUT2D eigenvalue weighted by Gasteiger charge is -2.15. The van der Waals surface area contributed by atoms with E-state index in [2.05, 4.69) is 15.3 Å². The molecule has 0 fully saturated rings. The maximum absolute atomic E-state index is 12.6. The van der Waals surface area contributed by atoms with Crippen LogP contribution in [0.3, 0.4) is 0 Å². The first-order valence-electron chi connectivity index (χ1n) is 7.46. The van der Waals surface area contributed by atoms with Crippen molar-refractivity contribution in [1.82, 2.24) is 23.7 Å². The summed E-state index contributed by atoms with van der Waals surface area (Å²) in [6.07, 6.45) is 2.69. The largest absolute Gasteiger partial charge is 0.332 e. The first-order chi connectivity index (χ1) is 12.2. The van der Waals surface area contributed by atoms with Crippen molar-refractivity contribution in [3.05, 3.63) is 49.5 Å². The third-order valence-corrected chi connectivity index (χ3v) is 4.51. The minimum absolute atomic E-state index is 0.146. The number of halogens is 2. The van der Waals surface area contributed by atoms with Crippen molar-refractivity contribution < 1.29 is 4.79 Å². The molecule has 0 aliphatic heterocycles. The summed E-state index contributed by atoms with van der Waals surface area (Å²) in [5.41, 5.74) is -0.697. The molecule has 3 heterocycles. The molecule has 1 N–H and O–H groups in total. The second kappa shape index (κ2) is 6.58. The van der Waals surface area contributed by atoms with Crippen LogP contribution in [0.2, 0.25) is 10.0 Å². The molecule has 3 aromatic rings. The predicted octanol–water partition coefficient (Wildman–Crippen LogP) is 1.34. The molecule has 0 radical (unpaired) electrons. The first kappa shape index (κ1) is 18.2. The van der Waals surface area contributed by atoms with Gasteiger partial charge in [0, 0.05) is 20.3 Å². The number of nitrogens with zero attached hydrogens (tertiary/aromatic N) is 5. The Morgan fingerprint density at radius 1 is 1.19 bits per heavy atom. The second-order valence-corrected chi connectivity index (χ2v) is 6.52. The van der Waals surface area contributed by atoms with Crippen LogP contribution in [0.5, 0.6) is 0 Å². The fourth-order valence-electron chi connectivity index (χ4n) is 2.51. The van der Waals surface area contributed by atoms with E-state index in [9.17, 15) is 14.4 Å². The maximum atomic E-state index is 12.6. The number of imidazole rings is 1. The van der Waals surface area contributed by atoms with Crippen LogP contribution in [0.25, 0.3) is 11.2 Å². The van der Waals surface area contributed by atoms with Gasteiger partial charge in [-0.15, -0.1) is 0 Å². The Balaban J connectivity index is 2.02. The highest BCUT2D eigenvalue weighted by molar-refractivity contribution is 6.36. The van der Waals surface area contributed by atoms with E-state index in [1.165, 1.54) is 41.8 Å². The quantitative estimate of drug-likeness (QED) is 0.718. The monoisotopic (exact) mass is 396 g/mol. The van der Waals surface area contributed by atoms with Crippen molar-refractivity contribution in [2.24, 2.45) is 14.1 Å². The zero-order chi connectivity index (χ0) is 19.2. The molecule has 136 valence electrons. The van der Waals surface area contributed by atoms with E-state index >= 15 is 0 Å². The number of pyridine rings is 1. The lowest BCUT2D eigenvalue weighted by Crippen LogP contribution is -2.38. The molecule has 9 nitrogen and oxygen atoms in total. The van der Waals surface area contributed by atoms with Crippen LogP contribution in [0.4, 0.5) is 5.82 Å². The van der Waals surface area contributed by atoms with Crippen molar-refractivity contribution in [3.63, 3.8) is 0 Å². The summed E-state index contributed by atoms with van der Waals surface area (Å²) < 4.78 is 3.61. The first-order valence-corrected chi connectivity index (χ1v) is 8.22. The summed E-state index contributed by atoms with van der Waals surface area (Å²) in [7, 11) is 2.87. The van der Waals surface area contributed by atoms with Crippen LogP contribution in [-0.2, 0) is 18.9 Å². The predicted molar refractivity (Wildman–Crippen MR) is 97.8 cm³/mol. The highest BCUT2D eigenvalue weighted by Gasteiger charge is 2.22. The Morgan fingerprint density at radius 3 is 2.54 bits per heavy atom. The van der Waals surface area contributed by atoms with Gasteiger partial charge in [0.25, 0.3) is 5.56 Å². The lowest BCUT2D eigenvalue weighted by molar-refractivity contribution is -0.118. The van der Waals surface area contributed by atoms with E-state index in [-0.39, 0.29) is 22.0 Å². The van der Waals surface area contributed by atoms with E-state index < -0.39 is 23.2 Å². The second-order valence-electron chi connectivity index (χ2n) is 5.68. The Hall–Kier alpha value is -2.65. The molecule has 0 saturated carbocycles. The van der Waals surface area contributed by atoms with Crippen molar-refractivity contribution in [2.45, 2.75) is 13.0 Å². The number of amides is 1. The van der Waals surface area contributed by atoms with Crippen molar-refractivity contribution in [1.29, 1.82) is 0 Å². The third kappa shape index (κ3) is 2.89. The minimum Gasteiger partial charge on any atom is -0.312 e. The van der Waals surface area contributed by atoms with E-state index in [1.807, 2.05) is 0 Å². The van der Waals surface area contributed by atoms with E-state index in [0.717, 1.165) is 4.57 Å². The molecule has 11 heteroatoms. The van der Waals surface area contributed by atoms with Gasteiger partial charge in [0.15, 0.2) is 17.0 Å². The number of hydrogen-bond acceptors (Lipinski definition) is 5. The van der Waals surface area contributed by atoms with Gasteiger partial charge in [-0.1, -0.05) is 23.2 Å². The third-order valence-electron chi connectivity index (χ3n) is 4.02. The number of aryl methyl sites for hydroxylation is 1. The number of nitrogens with one attached hydrogen (secondary N) is 1. The number of aromatic nitrogens is 5. The average molecular weight is 397 g/mol. The zero-order valence-electron chi connectivity index (χ0n) is 14.0. The molecule has 26 heavy (non-hydrogen) atoms. The van der Waals surface area contributed by atoms with Gasteiger partial charge in [0.1, 0.15) is 6.04 Å². The molecule has 0 aliphatic rings. The van der Waals surface area contributed by atoms with Crippen LogP contribution in [-0.4, -0.2) is 29.6 Å². The number of hydrogen-bond donors (Lipinski definition) is 1. The Labute approximate surface area is 156 Å². The molecule has 1 amide bonds. The molecule has 3 aromatic heterocycles. The SMILES string of the molecule is C[C@@H](C(=O)Nc1ncc(Cl)cc1Cl)n1cnc2c1c(=O)n(C)c(=O)n2C. The molecule has 0 spiro atoms. The molecular formula is C15H14Cl2N6O3. The highest BCUT2D eigenvalue weighted by Crippen LogP contribution is 2.23. The molecule has 1 atom stereocenters. The standard InChI is InChI=1S/C15H14Cl2N6O3/c1-7(13(24)20-11-9(17)4-8(16)5-18-11)23-6-19-12-10(23)14(25)22(3)15(26)21(12)2/h4-7H,1-3H3,(H,18,20,24)/t7-/m0/s1. The van der Waals surface area contributed by atoms with Gasteiger partial charge in [-0.25, -0.2) is 14.8 Å². The topological polar surface area (TPSA) is 104 Å². The fourth-order valence-corrected chi connectivity index (χ4v) is 2.94. The van der Waals surface area contributed by atoms with Crippen molar-refractivity contribution >= 4 is 46.1 Å². The summed E-state index contributed by atoms with van der Waals surface area (Å²) in [5, 5.41) is 3.11. The fraction of sp³-hybridized carbons (Fsp3) is 0.267. The van der Waals surface area contributed by atoms with Gasteiger partial charge in [-0.05, 0) is 13.0 Å². The van der Waals surface area contributed by atoms with E-state index in [0.29, 0.717) is 5.02 Å². The van der Waals surface area contributed by atoms with Crippen molar-refractivity contribution in [3.8, 4) is 0 Å². The number of carbonyl (C=O) groups is 1. The van der Waals surface area contributed by atoms with Crippen molar-refractivity contribution in [2.75, 3.05) is 5.32 Å². The van der Waals surface area contributed by atoms with Gasteiger partial charge in [0.2, 0.25) is 5.91 Å². The Bertz CT molecular complexity index is 1150. The van der Waals surface area contributed by atoms with E-state index in [4.69, 9.17) is 23.2 Å². The minimum atomic E-state index is -0.807. The van der Waals surface area contributed by atoms with Gasteiger partial charge >= 0.3 is 5.69 Å². The lowest BCUT2D eigenvalue weighted by atomic mass is 10.3. The molecule has 0 aliphatic carbocycles. The summed E-state index contributed by atoms with van der Waals surface area (Å²) in [6, 6.07) is 0.646. The number of anilines is 1. The van der Waals surface area contributed by atoms with Crippen LogP contribution in [0.1, 0.15) is 13.0 Å². The van der Waals surface area contributed by atoms with Gasteiger partial charge in [-0.3, -0.25) is 18.7 Å². The molecular weight excluding hydrogens is 383 g/mol. The van der Waals surface area contributed by atoms with Gasteiger partial charge < -0.3 is 9.88 Å². The summed E-state index contributed by atoms with van der Waals surface area (Å²) in [4.78, 5) is 45.1. The van der Waals surface area contributed by atoms with Crippen LogP contribution >= 0.6 is 23.2 Å². The summed E-state index contributed by atoms with van der Waals surface area (Å²) >= 11 is 11.8. The van der Waals surface area contributed by atoms with E-state index in [1.54, 1.807) is 6.92 Å². The Kier molecular flexibility index (Phi) is 4.59.